The fourth-order valence-corrected chi connectivity index (χ4v) is 4.33. The number of nitrogens with zero attached hydrogens (tertiary/aromatic N) is 1. The van der Waals surface area contributed by atoms with E-state index in [9.17, 15) is 19.2 Å². The summed E-state index contributed by atoms with van der Waals surface area (Å²) in [4.78, 5) is 51.2. The van der Waals surface area contributed by atoms with Crippen molar-refractivity contribution in [1.29, 1.82) is 0 Å². The van der Waals surface area contributed by atoms with E-state index in [1.165, 1.54) is 6.07 Å². The lowest BCUT2D eigenvalue weighted by Gasteiger charge is -2.47. The topological polar surface area (TPSA) is 92.8 Å². The van der Waals surface area contributed by atoms with E-state index in [0.29, 0.717) is 24.1 Å². The Morgan fingerprint density at radius 3 is 2.64 bits per heavy atom. The summed E-state index contributed by atoms with van der Waals surface area (Å²) in [7, 11) is 0. The molecule has 1 aromatic carbocycles. The molecule has 2 atom stereocenters. The Morgan fingerprint density at radius 2 is 1.96 bits per heavy atom. The normalized spacial score (nSPS) is 25.6. The van der Waals surface area contributed by atoms with Gasteiger partial charge in [-0.15, -0.1) is 0 Å². The Kier molecular flexibility index (Phi) is 5.04. The van der Waals surface area contributed by atoms with E-state index in [1.54, 1.807) is 25.1 Å². The average molecular weight is 386 g/mol. The van der Waals surface area contributed by atoms with Gasteiger partial charge in [-0.25, -0.2) is 4.79 Å². The molecule has 28 heavy (non-hydrogen) atoms. The molecule has 7 nitrogen and oxygen atoms in total. The first kappa shape index (κ1) is 20.0. The Morgan fingerprint density at radius 1 is 1.25 bits per heavy atom. The molecule has 1 aliphatic carbocycles. The van der Waals surface area contributed by atoms with Crippen LogP contribution < -0.4 is 5.32 Å². The van der Waals surface area contributed by atoms with E-state index < -0.39 is 22.7 Å². The van der Waals surface area contributed by atoms with Crippen LogP contribution in [0.15, 0.2) is 24.3 Å². The highest BCUT2D eigenvalue weighted by Crippen LogP contribution is 2.59. The minimum Gasteiger partial charge on any atom is -0.462 e. The fourth-order valence-electron chi connectivity index (χ4n) is 4.33. The number of imide groups is 1. The van der Waals surface area contributed by atoms with Crippen LogP contribution in [0.5, 0.6) is 0 Å². The molecule has 0 radical (unpaired) electrons. The molecule has 3 rings (SSSR count). The van der Waals surface area contributed by atoms with Gasteiger partial charge >= 0.3 is 5.97 Å². The van der Waals surface area contributed by atoms with Crippen LogP contribution in [0.2, 0.25) is 0 Å². The number of anilines is 1. The summed E-state index contributed by atoms with van der Waals surface area (Å²) in [5, 5.41) is 2.66. The first-order valence-electron chi connectivity index (χ1n) is 9.54. The lowest BCUT2D eigenvalue weighted by molar-refractivity contribution is -0.168. The molecular formula is C21H26N2O5. The molecule has 1 aromatic rings. The van der Waals surface area contributed by atoms with Gasteiger partial charge in [-0.3, -0.25) is 19.3 Å². The largest absolute Gasteiger partial charge is 0.462 e. The number of carbonyl (C=O) groups is 4. The van der Waals surface area contributed by atoms with Crippen LogP contribution >= 0.6 is 0 Å². The van der Waals surface area contributed by atoms with Gasteiger partial charge in [0.2, 0.25) is 17.7 Å². The van der Waals surface area contributed by atoms with E-state index in [0.717, 1.165) is 4.90 Å². The third-order valence-corrected chi connectivity index (χ3v) is 6.47. The fraction of sp³-hybridized carbons (Fsp3) is 0.524. The number of hydrogen-bond acceptors (Lipinski definition) is 5. The highest BCUT2D eigenvalue weighted by molar-refractivity contribution is 6.07. The van der Waals surface area contributed by atoms with Gasteiger partial charge in [-0.2, -0.15) is 0 Å². The van der Waals surface area contributed by atoms with Crippen molar-refractivity contribution in [3.05, 3.63) is 29.8 Å². The molecule has 1 N–H and O–H groups in total. The first-order chi connectivity index (χ1) is 13.1. The van der Waals surface area contributed by atoms with Crippen LogP contribution in [0, 0.1) is 16.7 Å². The summed E-state index contributed by atoms with van der Waals surface area (Å²) >= 11 is 0. The number of hydrogen-bond donors (Lipinski definition) is 1. The Bertz CT molecular complexity index is 847. The summed E-state index contributed by atoms with van der Waals surface area (Å²) in [6.07, 6.45) is 1.31. The molecule has 7 heteroatoms. The zero-order valence-corrected chi connectivity index (χ0v) is 16.7. The Balaban J connectivity index is 1.72. The lowest BCUT2D eigenvalue weighted by atomic mass is 9.62. The van der Waals surface area contributed by atoms with Crippen molar-refractivity contribution in [1.82, 2.24) is 4.90 Å². The molecule has 1 saturated heterocycles. The highest BCUT2D eigenvalue weighted by atomic mass is 16.5. The number of amides is 3. The van der Waals surface area contributed by atoms with E-state index in [-0.39, 0.29) is 30.9 Å². The zero-order valence-electron chi connectivity index (χ0n) is 16.7. The standard InChI is InChI=1S/C21H26N2O5/c1-5-28-18(26)13-7-6-8-14(11-13)22-16(24)12-23-17(25)15-9-10-21(4,19(23)27)20(15,2)3/h6-8,11,15H,5,9-10,12H2,1-4H3,(H,22,24). The Hall–Kier alpha value is -2.70. The molecule has 1 heterocycles. The van der Waals surface area contributed by atoms with Crippen molar-refractivity contribution >= 4 is 29.4 Å². The maximum atomic E-state index is 13.0. The van der Waals surface area contributed by atoms with Gasteiger partial charge in [-0.05, 0) is 43.4 Å². The average Bonchev–Trinajstić information content (AvgIpc) is 2.83. The minimum absolute atomic E-state index is 0.254. The molecule has 2 bridgehead atoms. The molecule has 2 fully saturated rings. The van der Waals surface area contributed by atoms with E-state index >= 15 is 0 Å². The van der Waals surface area contributed by atoms with Crippen LogP contribution in [0.25, 0.3) is 0 Å². The molecule has 150 valence electrons. The van der Waals surface area contributed by atoms with Crippen LogP contribution in [0.3, 0.4) is 0 Å². The van der Waals surface area contributed by atoms with Crippen molar-refractivity contribution in [3.8, 4) is 0 Å². The third-order valence-electron chi connectivity index (χ3n) is 6.47. The van der Waals surface area contributed by atoms with Crippen molar-refractivity contribution < 1.29 is 23.9 Å². The molecular weight excluding hydrogens is 360 g/mol. The lowest BCUT2D eigenvalue weighted by Crippen LogP contribution is -2.60. The SMILES string of the molecule is CCOC(=O)c1cccc(NC(=O)CN2C(=O)C3CCC(C)(C2=O)C3(C)C)c1. The van der Waals surface area contributed by atoms with E-state index in [2.05, 4.69) is 5.32 Å². The second-order valence-corrected chi connectivity index (χ2v) is 8.22. The molecule has 0 aromatic heterocycles. The predicted molar refractivity (Wildman–Crippen MR) is 102 cm³/mol. The molecule has 1 aliphatic heterocycles. The number of fused-ring (bicyclic) bond motifs is 2. The molecule has 2 aliphatic rings. The monoisotopic (exact) mass is 386 g/mol. The van der Waals surface area contributed by atoms with Crippen molar-refractivity contribution in [2.24, 2.45) is 16.7 Å². The summed E-state index contributed by atoms with van der Waals surface area (Å²) in [6.45, 7) is 7.44. The summed E-state index contributed by atoms with van der Waals surface area (Å²) < 4.78 is 4.95. The molecule has 3 amide bonds. The van der Waals surface area contributed by atoms with Crippen molar-refractivity contribution in [3.63, 3.8) is 0 Å². The van der Waals surface area contributed by atoms with Gasteiger partial charge in [0.15, 0.2) is 0 Å². The maximum absolute atomic E-state index is 13.0. The summed E-state index contributed by atoms with van der Waals surface area (Å²) in [6, 6.07) is 6.35. The van der Waals surface area contributed by atoms with Crippen molar-refractivity contribution in [2.75, 3.05) is 18.5 Å². The molecule has 1 saturated carbocycles. The van der Waals surface area contributed by atoms with Gasteiger partial charge in [0.25, 0.3) is 0 Å². The van der Waals surface area contributed by atoms with Gasteiger partial charge in [0, 0.05) is 11.6 Å². The van der Waals surface area contributed by atoms with Crippen LogP contribution in [0.1, 0.15) is 50.9 Å². The number of esters is 1. The minimum atomic E-state index is -0.643. The first-order valence-corrected chi connectivity index (χ1v) is 9.54. The highest BCUT2D eigenvalue weighted by Gasteiger charge is 2.64. The Labute approximate surface area is 164 Å². The van der Waals surface area contributed by atoms with E-state index in [4.69, 9.17) is 4.74 Å². The second kappa shape index (κ2) is 7.04. The summed E-state index contributed by atoms with van der Waals surface area (Å²) in [5.74, 6) is -1.78. The second-order valence-electron chi connectivity index (χ2n) is 8.22. The quantitative estimate of drug-likeness (QED) is 0.620. The molecule has 0 spiro atoms. The number of benzene rings is 1. The van der Waals surface area contributed by atoms with Crippen LogP contribution in [-0.4, -0.2) is 41.7 Å². The smallest absolute Gasteiger partial charge is 0.338 e. The molecule has 2 unspecified atom stereocenters. The number of ether oxygens (including phenoxy) is 1. The predicted octanol–water partition coefficient (Wildman–Crippen LogP) is 2.61. The number of carbonyl (C=O) groups excluding carboxylic acids is 4. The number of piperidine rings is 1. The van der Waals surface area contributed by atoms with Crippen molar-refractivity contribution in [2.45, 2.75) is 40.5 Å². The van der Waals surface area contributed by atoms with Crippen LogP contribution in [0.4, 0.5) is 5.69 Å². The van der Waals surface area contributed by atoms with Crippen LogP contribution in [-0.2, 0) is 19.1 Å². The maximum Gasteiger partial charge on any atom is 0.338 e. The number of nitrogens with one attached hydrogen (secondary N) is 1. The van der Waals surface area contributed by atoms with Gasteiger partial charge in [0.1, 0.15) is 6.54 Å². The van der Waals surface area contributed by atoms with E-state index in [1.807, 2.05) is 20.8 Å². The number of rotatable bonds is 5. The number of likely N-dealkylation sites (tertiary alicyclic amines) is 1. The van der Waals surface area contributed by atoms with Gasteiger partial charge in [0.05, 0.1) is 17.6 Å². The van der Waals surface area contributed by atoms with Gasteiger partial charge < -0.3 is 10.1 Å². The third kappa shape index (κ3) is 3.08. The summed E-state index contributed by atoms with van der Waals surface area (Å²) in [5.41, 5.74) is -0.336. The van der Waals surface area contributed by atoms with Gasteiger partial charge in [-0.1, -0.05) is 26.8 Å². The zero-order chi connectivity index (χ0) is 20.7.